The number of carbonyl (C=O) groups excluding carboxylic acids is 4. The second-order valence-corrected chi connectivity index (χ2v) is 11.5. The van der Waals surface area contributed by atoms with E-state index in [0.29, 0.717) is 28.5 Å². The molecule has 1 aromatic carbocycles. The lowest BCUT2D eigenvalue weighted by Gasteiger charge is -2.42. The standard InChI is InChI=1S/C28H40ClN3O7.ClH/c1-28(2,18-35)27(39)31(21-6-4-3-5-7-21)22-12-13-30(15-22)26(38)23(14-19-8-10-20(29)11-9-19)32(24(36)16-33)25(37)17-34;/h8-11,21-23,33-35H,3-7,12-18H2,1-2H3;1H/t22-,23+;/m0./s1. The van der Waals surface area contributed by atoms with Crippen molar-refractivity contribution in [2.45, 2.75) is 76.9 Å². The second-order valence-electron chi connectivity index (χ2n) is 11.1. The Hall–Kier alpha value is -2.24. The van der Waals surface area contributed by atoms with Crippen LogP contribution in [0.2, 0.25) is 5.02 Å². The molecule has 2 fully saturated rings. The van der Waals surface area contributed by atoms with Gasteiger partial charge in [0, 0.05) is 30.6 Å². The molecule has 1 saturated heterocycles. The summed E-state index contributed by atoms with van der Waals surface area (Å²) in [6.45, 7) is 1.65. The van der Waals surface area contributed by atoms with Crippen molar-refractivity contribution in [3.63, 3.8) is 0 Å². The highest BCUT2D eigenvalue weighted by atomic mass is 35.5. The van der Waals surface area contributed by atoms with Crippen LogP contribution in [0.5, 0.6) is 0 Å². The maximum atomic E-state index is 13.9. The molecule has 1 heterocycles. The van der Waals surface area contributed by atoms with Crippen LogP contribution in [0.4, 0.5) is 0 Å². The van der Waals surface area contributed by atoms with Crippen LogP contribution in [-0.4, -0.2) is 105 Å². The lowest BCUT2D eigenvalue weighted by atomic mass is 9.87. The molecule has 0 aromatic heterocycles. The molecule has 10 nitrogen and oxygen atoms in total. The van der Waals surface area contributed by atoms with Gasteiger partial charge in [-0.2, -0.15) is 0 Å². The molecule has 2 aliphatic rings. The van der Waals surface area contributed by atoms with Crippen LogP contribution in [0.1, 0.15) is 57.9 Å². The fraction of sp³-hybridized carbons (Fsp3) is 0.643. The summed E-state index contributed by atoms with van der Waals surface area (Å²) in [6, 6.07) is 5.08. The number of halogens is 2. The highest BCUT2D eigenvalue weighted by molar-refractivity contribution is 6.30. The summed E-state index contributed by atoms with van der Waals surface area (Å²) in [5.41, 5.74) is -0.331. The van der Waals surface area contributed by atoms with Gasteiger partial charge in [-0.15, -0.1) is 12.4 Å². The summed E-state index contributed by atoms with van der Waals surface area (Å²) >= 11 is 5.99. The van der Waals surface area contributed by atoms with E-state index in [1.165, 1.54) is 0 Å². The molecule has 1 aliphatic heterocycles. The maximum Gasteiger partial charge on any atom is 0.255 e. The molecule has 3 rings (SSSR count). The van der Waals surface area contributed by atoms with Crippen LogP contribution in [-0.2, 0) is 25.6 Å². The van der Waals surface area contributed by atoms with E-state index in [-0.39, 0.29) is 50.0 Å². The Morgan fingerprint density at radius 3 is 2.05 bits per heavy atom. The zero-order valence-electron chi connectivity index (χ0n) is 23.1. The van der Waals surface area contributed by atoms with Crippen molar-refractivity contribution in [3.8, 4) is 0 Å². The van der Waals surface area contributed by atoms with E-state index in [4.69, 9.17) is 11.6 Å². The van der Waals surface area contributed by atoms with Gasteiger partial charge in [0.15, 0.2) is 0 Å². The number of rotatable bonds is 10. The molecule has 0 bridgehead atoms. The van der Waals surface area contributed by atoms with E-state index in [1.54, 1.807) is 43.0 Å². The Balaban J connectivity index is 0.00000560. The van der Waals surface area contributed by atoms with Gasteiger partial charge in [0.1, 0.15) is 19.3 Å². The smallest absolute Gasteiger partial charge is 0.255 e. The maximum absolute atomic E-state index is 13.9. The van der Waals surface area contributed by atoms with Crippen LogP contribution in [0, 0.1) is 5.41 Å². The van der Waals surface area contributed by atoms with Gasteiger partial charge in [-0.25, -0.2) is 0 Å². The first-order chi connectivity index (χ1) is 18.5. The summed E-state index contributed by atoms with van der Waals surface area (Å²) in [4.78, 5) is 56.8. The number of aliphatic hydroxyl groups excluding tert-OH is 3. The van der Waals surface area contributed by atoms with Crippen molar-refractivity contribution in [1.82, 2.24) is 14.7 Å². The van der Waals surface area contributed by atoms with Crippen molar-refractivity contribution in [1.29, 1.82) is 0 Å². The Morgan fingerprint density at radius 1 is 0.950 bits per heavy atom. The summed E-state index contributed by atoms with van der Waals surface area (Å²) in [7, 11) is 0. The van der Waals surface area contributed by atoms with Crippen LogP contribution >= 0.6 is 24.0 Å². The van der Waals surface area contributed by atoms with E-state index in [1.807, 2.05) is 4.90 Å². The first kappa shape index (κ1) is 34.0. The molecule has 224 valence electrons. The number of nitrogens with zero attached hydrogens (tertiary/aromatic N) is 3. The number of hydrogen-bond donors (Lipinski definition) is 3. The Labute approximate surface area is 246 Å². The Bertz CT molecular complexity index is 1020. The summed E-state index contributed by atoms with van der Waals surface area (Å²) < 4.78 is 0. The molecule has 12 heteroatoms. The van der Waals surface area contributed by atoms with E-state index in [9.17, 15) is 34.5 Å². The van der Waals surface area contributed by atoms with Gasteiger partial charge in [-0.1, -0.05) is 43.0 Å². The molecule has 1 saturated carbocycles. The van der Waals surface area contributed by atoms with Crippen LogP contribution < -0.4 is 0 Å². The van der Waals surface area contributed by atoms with Crippen LogP contribution in [0.15, 0.2) is 24.3 Å². The Kier molecular flexibility index (Phi) is 12.8. The second kappa shape index (κ2) is 15.1. The van der Waals surface area contributed by atoms with E-state index in [0.717, 1.165) is 32.1 Å². The van der Waals surface area contributed by atoms with E-state index >= 15 is 0 Å². The summed E-state index contributed by atoms with van der Waals surface area (Å²) in [6.07, 6.45) is 5.34. The lowest BCUT2D eigenvalue weighted by molar-refractivity contribution is -0.157. The molecule has 2 atom stereocenters. The summed E-state index contributed by atoms with van der Waals surface area (Å²) in [5, 5.41) is 29.5. The highest BCUT2D eigenvalue weighted by Crippen LogP contribution is 2.32. The fourth-order valence-electron chi connectivity index (χ4n) is 5.56. The van der Waals surface area contributed by atoms with Gasteiger partial charge in [-0.05, 0) is 50.8 Å². The molecule has 40 heavy (non-hydrogen) atoms. The minimum absolute atomic E-state index is 0. The number of carbonyl (C=O) groups is 4. The number of imide groups is 1. The monoisotopic (exact) mass is 601 g/mol. The third-order valence-electron chi connectivity index (χ3n) is 7.79. The first-order valence-electron chi connectivity index (χ1n) is 13.6. The Morgan fingerprint density at radius 2 is 1.52 bits per heavy atom. The van der Waals surface area contributed by atoms with E-state index in [2.05, 4.69) is 0 Å². The minimum atomic E-state index is -1.29. The van der Waals surface area contributed by atoms with Crippen LogP contribution in [0.3, 0.4) is 0 Å². The van der Waals surface area contributed by atoms with Gasteiger partial charge in [0.2, 0.25) is 11.8 Å². The zero-order valence-corrected chi connectivity index (χ0v) is 24.7. The van der Waals surface area contributed by atoms with Crippen LogP contribution in [0.25, 0.3) is 0 Å². The molecule has 0 radical (unpaired) electrons. The van der Waals surface area contributed by atoms with Crippen molar-refractivity contribution in [2.75, 3.05) is 32.9 Å². The third kappa shape index (κ3) is 7.94. The average molecular weight is 603 g/mol. The first-order valence-corrected chi connectivity index (χ1v) is 13.9. The largest absolute Gasteiger partial charge is 0.395 e. The van der Waals surface area contributed by atoms with E-state index < -0.39 is 42.4 Å². The van der Waals surface area contributed by atoms with Gasteiger partial charge in [0.25, 0.3) is 11.8 Å². The normalized spacial score (nSPS) is 18.6. The number of likely N-dealkylation sites (tertiary alicyclic amines) is 1. The number of benzene rings is 1. The number of amides is 4. The highest BCUT2D eigenvalue weighted by Gasteiger charge is 2.44. The van der Waals surface area contributed by atoms with Gasteiger partial charge >= 0.3 is 0 Å². The lowest BCUT2D eigenvalue weighted by Crippen LogP contribution is -2.57. The predicted molar refractivity (Wildman–Crippen MR) is 152 cm³/mol. The molecule has 3 N–H and O–H groups in total. The molecule has 1 aromatic rings. The SMILES string of the molecule is CC(C)(CO)C(=O)N(C1CCCCC1)[C@H]1CCN(C(=O)[C@@H](Cc2ccc(Cl)cc2)N(C(=O)CO)C(=O)CO)C1.Cl. The molecular weight excluding hydrogens is 561 g/mol. The fourth-order valence-corrected chi connectivity index (χ4v) is 5.68. The topological polar surface area (TPSA) is 139 Å². The number of hydrogen-bond acceptors (Lipinski definition) is 7. The van der Waals surface area contributed by atoms with Crippen molar-refractivity contribution < 1.29 is 34.5 Å². The summed E-state index contributed by atoms with van der Waals surface area (Å²) in [5.74, 6) is -2.63. The molecule has 0 spiro atoms. The average Bonchev–Trinajstić information content (AvgIpc) is 3.43. The van der Waals surface area contributed by atoms with Gasteiger partial charge in [0.05, 0.1) is 18.1 Å². The van der Waals surface area contributed by atoms with Crippen molar-refractivity contribution in [2.24, 2.45) is 5.41 Å². The van der Waals surface area contributed by atoms with Gasteiger partial charge < -0.3 is 25.1 Å². The minimum Gasteiger partial charge on any atom is -0.395 e. The van der Waals surface area contributed by atoms with Gasteiger partial charge in [-0.3, -0.25) is 24.1 Å². The quantitative estimate of drug-likeness (QED) is 0.371. The molecule has 0 unspecified atom stereocenters. The third-order valence-corrected chi connectivity index (χ3v) is 8.04. The molecule has 1 aliphatic carbocycles. The predicted octanol–water partition coefficient (Wildman–Crippen LogP) is 1.79. The van der Waals surface area contributed by atoms with Crippen molar-refractivity contribution >= 4 is 47.6 Å². The zero-order chi connectivity index (χ0) is 28.7. The van der Waals surface area contributed by atoms with Crippen molar-refractivity contribution in [3.05, 3.63) is 34.9 Å². The molecular formula is C28H41Cl2N3O7. The molecule has 4 amide bonds. The number of aliphatic hydroxyl groups is 3.